The van der Waals surface area contributed by atoms with Crippen molar-refractivity contribution in [3.05, 3.63) is 41.3 Å². The van der Waals surface area contributed by atoms with Crippen LogP contribution in [0.1, 0.15) is 51.7 Å². The zero-order chi connectivity index (χ0) is 23.9. The lowest BCUT2D eigenvalue weighted by Crippen LogP contribution is -2.61. The van der Waals surface area contributed by atoms with Gasteiger partial charge in [0.05, 0.1) is 23.4 Å². The van der Waals surface area contributed by atoms with E-state index in [9.17, 15) is 17.6 Å². The number of hydrogen-bond acceptors (Lipinski definition) is 6. The summed E-state index contributed by atoms with van der Waals surface area (Å²) in [6, 6.07) is 4.66. The lowest BCUT2D eigenvalue weighted by molar-refractivity contribution is -0.137. The van der Waals surface area contributed by atoms with E-state index in [4.69, 9.17) is 5.26 Å². The van der Waals surface area contributed by atoms with Crippen molar-refractivity contribution >= 4 is 17.5 Å². The first-order chi connectivity index (χ1) is 14.7. The second-order valence-electron chi connectivity index (χ2n) is 9.32. The second kappa shape index (κ2) is 8.20. The molecule has 1 aliphatic heterocycles. The Morgan fingerprint density at radius 1 is 1.16 bits per heavy atom. The summed E-state index contributed by atoms with van der Waals surface area (Å²) in [6.45, 7) is 8.48. The molecule has 0 spiro atoms. The van der Waals surface area contributed by atoms with Gasteiger partial charge in [-0.3, -0.25) is 4.90 Å². The van der Waals surface area contributed by atoms with Crippen molar-refractivity contribution in [2.75, 3.05) is 17.7 Å². The number of nitrogens with one attached hydrogen (secondary N) is 2. The molecule has 0 atom stereocenters. The minimum atomic E-state index is -4.69. The molecular formula is C22H26F4N6. The summed E-state index contributed by atoms with van der Waals surface area (Å²) in [6.07, 6.45) is -2.21. The summed E-state index contributed by atoms with van der Waals surface area (Å²) in [7, 11) is 2.07. The number of likely N-dealkylation sites (tertiary alicyclic amines) is 1. The van der Waals surface area contributed by atoms with E-state index in [0.717, 1.165) is 31.2 Å². The van der Waals surface area contributed by atoms with Gasteiger partial charge in [-0.25, -0.2) is 9.37 Å². The van der Waals surface area contributed by atoms with Crippen LogP contribution in [0.4, 0.5) is 35.0 Å². The molecule has 32 heavy (non-hydrogen) atoms. The van der Waals surface area contributed by atoms with Crippen LogP contribution in [0.25, 0.3) is 0 Å². The number of nitriles is 1. The van der Waals surface area contributed by atoms with Crippen LogP contribution in [0.5, 0.6) is 0 Å². The van der Waals surface area contributed by atoms with Crippen LogP contribution in [0, 0.1) is 17.1 Å². The molecule has 2 N–H and O–H groups in total. The van der Waals surface area contributed by atoms with Crippen LogP contribution in [0.15, 0.2) is 24.4 Å². The fourth-order valence-electron chi connectivity index (χ4n) is 4.28. The summed E-state index contributed by atoms with van der Waals surface area (Å²) >= 11 is 0. The number of aromatic nitrogens is 2. The maximum atomic E-state index is 14.4. The van der Waals surface area contributed by atoms with Crippen LogP contribution < -0.4 is 10.6 Å². The number of halogens is 4. The van der Waals surface area contributed by atoms with Gasteiger partial charge in [-0.15, -0.1) is 0 Å². The van der Waals surface area contributed by atoms with Gasteiger partial charge in [0.25, 0.3) is 0 Å². The third-order valence-electron chi connectivity index (χ3n) is 6.09. The molecule has 0 radical (unpaired) electrons. The summed E-state index contributed by atoms with van der Waals surface area (Å²) < 4.78 is 54.1. The van der Waals surface area contributed by atoms with Crippen molar-refractivity contribution in [3.63, 3.8) is 0 Å². The number of hydrogen-bond donors (Lipinski definition) is 2. The topological polar surface area (TPSA) is 76.9 Å². The highest BCUT2D eigenvalue weighted by molar-refractivity contribution is 5.59. The zero-order valence-corrected chi connectivity index (χ0v) is 18.6. The summed E-state index contributed by atoms with van der Waals surface area (Å²) in [4.78, 5) is 10.3. The molecule has 172 valence electrons. The first kappa shape index (κ1) is 23.7. The average molecular weight is 450 g/mol. The molecule has 0 saturated carbocycles. The van der Waals surface area contributed by atoms with Crippen LogP contribution in [0.3, 0.4) is 0 Å². The van der Waals surface area contributed by atoms with Crippen molar-refractivity contribution in [1.82, 2.24) is 14.9 Å². The summed E-state index contributed by atoms with van der Waals surface area (Å²) in [5.41, 5.74) is -1.77. The van der Waals surface area contributed by atoms with Gasteiger partial charge < -0.3 is 10.6 Å². The predicted octanol–water partition coefficient (Wildman–Crippen LogP) is 5.31. The third-order valence-corrected chi connectivity index (χ3v) is 6.09. The lowest BCUT2D eigenvalue weighted by Gasteiger charge is -2.53. The highest BCUT2D eigenvalue weighted by Crippen LogP contribution is 2.38. The first-order valence-corrected chi connectivity index (χ1v) is 10.1. The maximum Gasteiger partial charge on any atom is 0.417 e. The minimum absolute atomic E-state index is 0.0201. The molecule has 0 amide bonds. The Morgan fingerprint density at radius 3 is 2.34 bits per heavy atom. The lowest BCUT2D eigenvalue weighted by atomic mass is 9.77. The molecule has 0 bridgehead atoms. The second-order valence-corrected chi connectivity index (χ2v) is 9.32. The predicted molar refractivity (Wildman–Crippen MR) is 114 cm³/mol. The fourth-order valence-corrected chi connectivity index (χ4v) is 4.28. The number of anilines is 3. The summed E-state index contributed by atoms with van der Waals surface area (Å²) in [5, 5.41) is 14.7. The Hall–Kier alpha value is -2.93. The molecule has 2 aromatic rings. The highest BCUT2D eigenvalue weighted by atomic mass is 19.4. The Morgan fingerprint density at radius 2 is 1.78 bits per heavy atom. The quantitative estimate of drug-likeness (QED) is 0.615. The fraction of sp³-hybridized carbons (Fsp3) is 0.500. The molecule has 3 rings (SSSR count). The Kier molecular flexibility index (Phi) is 6.08. The molecule has 2 heterocycles. The summed E-state index contributed by atoms with van der Waals surface area (Å²) in [5.74, 6) is -0.729. The van der Waals surface area contributed by atoms with E-state index in [-0.39, 0.29) is 34.6 Å². The molecule has 1 fully saturated rings. The van der Waals surface area contributed by atoms with Crippen LogP contribution >= 0.6 is 0 Å². The van der Waals surface area contributed by atoms with Gasteiger partial charge in [0.2, 0.25) is 5.95 Å². The SMILES string of the molecule is CN1C(C)(C)CC(Nc2nc(Nc3ccc(C#N)c(C(F)(F)F)c3)ncc2F)CC1(C)C. The monoisotopic (exact) mass is 450 g/mol. The van der Waals surface area contributed by atoms with Gasteiger partial charge in [-0.05, 0) is 65.8 Å². The molecule has 10 heteroatoms. The average Bonchev–Trinajstić information content (AvgIpc) is 2.67. The Bertz CT molecular complexity index is 1020. The smallest absolute Gasteiger partial charge is 0.365 e. The molecule has 1 saturated heterocycles. The Balaban J connectivity index is 1.84. The molecule has 0 unspecified atom stereocenters. The number of alkyl halides is 3. The van der Waals surface area contributed by atoms with Gasteiger partial charge in [-0.1, -0.05) is 0 Å². The number of nitrogens with zero attached hydrogens (tertiary/aromatic N) is 4. The van der Waals surface area contributed by atoms with E-state index in [1.54, 1.807) is 0 Å². The standard InChI is InChI=1S/C22H26F4N6/c1-20(2)9-15(10-21(3,4)32(20)5)29-18-17(23)12-28-19(31-18)30-14-7-6-13(11-27)16(8-14)22(24,25)26/h6-8,12,15H,9-10H2,1-5H3,(H2,28,29,30,31). The molecule has 0 aliphatic carbocycles. The number of piperidine rings is 1. The van der Waals surface area contributed by atoms with Crippen molar-refractivity contribution in [2.24, 2.45) is 0 Å². The first-order valence-electron chi connectivity index (χ1n) is 10.1. The molecule has 1 aromatic heterocycles. The van der Waals surface area contributed by atoms with Crippen LogP contribution in [-0.4, -0.2) is 39.0 Å². The van der Waals surface area contributed by atoms with Crippen LogP contribution in [-0.2, 0) is 6.18 Å². The molecule has 6 nitrogen and oxygen atoms in total. The zero-order valence-electron chi connectivity index (χ0n) is 18.6. The van der Waals surface area contributed by atoms with Gasteiger partial charge in [0, 0.05) is 22.8 Å². The van der Waals surface area contributed by atoms with E-state index in [2.05, 4.69) is 60.2 Å². The van der Waals surface area contributed by atoms with Gasteiger partial charge in [0.1, 0.15) is 0 Å². The van der Waals surface area contributed by atoms with Crippen molar-refractivity contribution in [2.45, 2.75) is 63.8 Å². The van der Waals surface area contributed by atoms with E-state index >= 15 is 0 Å². The van der Waals surface area contributed by atoms with Gasteiger partial charge >= 0.3 is 6.18 Å². The van der Waals surface area contributed by atoms with Crippen molar-refractivity contribution in [1.29, 1.82) is 5.26 Å². The van der Waals surface area contributed by atoms with E-state index in [1.807, 2.05) is 0 Å². The van der Waals surface area contributed by atoms with Crippen molar-refractivity contribution in [3.8, 4) is 6.07 Å². The normalized spacial score (nSPS) is 18.8. The molecule has 1 aromatic carbocycles. The molecule has 1 aliphatic rings. The maximum absolute atomic E-state index is 14.4. The van der Waals surface area contributed by atoms with Crippen LogP contribution in [0.2, 0.25) is 0 Å². The van der Waals surface area contributed by atoms with Gasteiger partial charge in [0.15, 0.2) is 11.6 Å². The van der Waals surface area contributed by atoms with Crippen molar-refractivity contribution < 1.29 is 17.6 Å². The van der Waals surface area contributed by atoms with E-state index in [0.29, 0.717) is 0 Å². The minimum Gasteiger partial charge on any atom is -0.365 e. The third kappa shape index (κ3) is 4.93. The number of rotatable bonds is 4. The largest absolute Gasteiger partial charge is 0.417 e. The highest BCUT2D eigenvalue weighted by Gasteiger charge is 2.43. The molecular weight excluding hydrogens is 424 g/mol. The Labute approximate surface area is 184 Å². The van der Waals surface area contributed by atoms with E-state index in [1.165, 1.54) is 12.1 Å². The number of benzene rings is 1. The van der Waals surface area contributed by atoms with E-state index < -0.39 is 23.1 Å². The van der Waals surface area contributed by atoms with Gasteiger partial charge in [-0.2, -0.15) is 23.4 Å².